The summed E-state index contributed by atoms with van der Waals surface area (Å²) in [4.78, 5) is 49.6. The van der Waals surface area contributed by atoms with E-state index in [9.17, 15) is 14.4 Å². The summed E-state index contributed by atoms with van der Waals surface area (Å²) in [5.41, 5.74) is 6.47. The Balaban J connectivity index is 1.79. The number of aromatic nitrogens is 4. The number of imidazole rings is 1. The zero-order valence-corrected chi connectivity index (χ0v) is 16.7. The zero-order valence-electron chi connectivity index (χ0n) is 16.7. The largest absolute Gasteiger partial charge is 0.497 e. The molecule has 0 atom stereocenters. The number of carboxylic acid groups (broad SMARTS) is 1. The number of carboxylic acids is 1. The number of anilines is 1. The van der Waals surface area contributed by atoms with E-state index in [4.69, 9.17) is 15.6 Å². The minimum absolute atomic E-state index is 0.107. The first-order chi connectivity index (χ1) is 14.9. The summed E-state index contributed by atoms with van der Waals surface area (Å²) in [7, 11) is 1.53. The van der Waals surface area contributed by atoms with Crippen molar-refractivity contribution >= 4 is 34.8 Å². The number of hydrogen-bond acceptors (Lipinski definition) is 8. The number of nitrogens with zero attached hydrogens (tertiary/aromatic N) is 5. The van der Waals surface area contributed by atoms with Gasteiger partial charge in [-0.15, -0.1) is 0 Å². The molecule has 1 aromatic carbocycles. The van der Waals surface area contributed by atoms with Crippen LogP contribution >= 0.6 is 0 Å². The summed E-state index contributed by atoms with van der Waals surface area (Å²) in [5.74, 6) is -1.18. The van der Waals surface area contributed by atoms with Gasteiger partial charge in [0.05, 0.1) is 13.4 Å². The molecule has 12 heteroatoms. The number of hydrogen-bond donors (Lipinski definition) is 3. The van der Waals surface area contributed by atoms with E-state index < -0.39 is 24.3 Å². The van der Waals surface area contributed by atoms with Crippen LogP contribution in [0.3, 0.4) is 0 Å². The van der Waals surface area contributed by atoms with Gasteiger partial charge in [-0.2, -0.15) is 0 Å². The van der Waals surface area contributed by atoms with Crippen LogP contribution in [0.2, 0.25) is 0 Å². The number of ether oxygens (including phenoxy) is 1. The molecule has 0 fully saturated rings. The van der Waals surface area contributed by atoms with E-state index in [1.165, 1.54) is 24.3 Å². The molecule has 0 radical (unpaired) electrons. The minimum Gasteiger partial charge on any atom is -0.497 e. The van der Waals surface area contributed by atoms with Crippen LogP contribution in [0.1, 0.15) is 10.4 Å². The van der Waals surface area contributed by atoms with Crippen molar-refractivity contribution in [2.75, 3.05) is 32.1 Å². The average molecular weight is 427 g/mol. The molecule has 0 spiro atoms. The van der Waals surface area contributed by atoms with Gasteiger partial charge in [0.25, 0.3) is 5.91 Å². The van der Waals surface area contributed by atoms with Gasteiger partial charge >= 0.3 is 5.97 Å². The van der Waals surface area contributed by atoms with Crippen molar-refractivity contribution in [3.8, 4) is 5.75 Å². The van der Waals surface area contributed by atoms with E-state index >= 15 is 0 Å². The lowest BCUT2D eigenvalue weighted by Gasteiger charge is -2.20. The molecule has 31 heavy (non-hydrogen) atoms. The van der Waals surface area contributed by atoms with Crippen LogP contribution in [0.25, 0.3) is 11.2 Å². The van der Waals surface area contributed by atoms with Gasteiger partial charge in [0.2, 0.25) is 5.91 Å². The summed E-state index contributed by atoms with van der Waals surface area (Å²) in [5, 5.41) is 11.7. The highest BCUT2D eigenvalue weighted by atomic mass is 16.5. The number of benzene rings is 1. The van der Waals surface area contributed by atoms with Gasteiger partial charge in [-0.25, -0.2) is 15.0 Å². The Kier molecular flexibility index (Phi) is 6.72. The van der Waals surface area contributed by atoms with E-state index in [-0.39, 0.29) is 25.5 Å². The molecule has 4 N–H and O–H groups in total. The maximum Gasteiger partial charge on any atom is 0.323 e. The van der Waals surface area contributed by atoms with Crippen LogP contribution in [0.4, 0.5) is 5.82 Å². The van der Waals surface area contributed by atoms with E-state index in [1.807, 2.05) is 0 Å². The van der Waals surface area contributed by atoms with E-state index in [0.29, 0.717) is 22.5 Å². The Labute approximate surface area is 176 Å². The predicted octanol–water partition coefficient (Wildman–Crippen LogP) is -0.0409. The smallest absolute Gasteiger partial charge is 0.323 e. The molecule has 2 aromatic heterocycles. The van der Waals surface area contributed by atoms with Gasteiger partial charge in [0.15, 0.2) is 17.0 Å². The summed E-state index contributed by atoms with van der Waals surface area (Å²) in [6.45, 7) is -0.406. The molecule has 0 aliphatic heterocycles. The molecule has 0 bridgehead atoms. The van der Waals surface area contributed by atoms with Crippen molar-refractivity contribution in [2.24, 2.45) is 5.73 Å². The number of carbonyl (C=O) groups excluding carboxylic acids is 2. The lowest BCUT2D eigenvalue weighted by atomic mass is 10.2. The molecule has 162 valence electrons. The standard InChI is InChI=1S/C19H21N7O5/c1-31-13-4-2-12(3-5-13)19(30)24-17-16-18(22-10-21-17)26(11-23-16)8-14(27)25(7-6-20)9-15(28)29/h2-5,10-11H,6-9,20H2,1H3,(H,28,29)(H,21,22,24,30). The van der Waals surface area contributed by atoms with Crippen LogP contribution in [0, 0.1) is 0 Å². The van der Waals surface area contributed by atoms with Crippen LogP contribution in [-0.4, -0.2) is 74.1 Å². The molecule has 12 nitrogen and oxygen atoms in total. The van der Waals surface area contributed by atoms with Crippen molar-refractivity contribution < 1.29 is 24.2 Å². The normalized spacial score (nSPS) is 10.6. The first-order valence-corrected chi connectivity index (χ1v) is 9.23. The Morgan fingerprint density at radius 3 is 2.58 bits per heavy atom. The second-order valence-electron chi connectivity index (χ2n) is 6.45. The number of fused-ring (bicyclic) bond motifs is 1. The molecule has 0 aliphatic rings. The molecular weight excluding hydrogens is 406 g/mol. The third-order valence-electron chi connectivity index (χ3n) is 4.37. The fourth-order valence-corrected chi connectivity index (χ4v) is 2.87. The lowest BCUT2D eigenvalue weighted by molar-refractivity contribution is -0.144. The van der Waals surface area contributed by atoms with Crippen LogP contribution in [0.15, 0.2) is 36.9 Å². The fraction of sp³-hybridized carbons (Fsp3) is 0.263. The van der Waals surface area contributed by atoms with Crippen molar-refractivity contribution in [1.82, 2.24) is 24.4 Å². The quantitative estimate of drug-likeness (QED) is 0.425. The summed E-state index contributed by atoms with van der Waals surface area (Å²) in [6, 6.07) is 6.54. The lowest BCUT2D eigenvalue weighted by Crippen LogP contribution is -2.40. The molecule has 0 unspecified atom stereocenters. The number of amides is 2. The maximum atomic E-state index is 12.5. The maximum absolute atomic E-state index is 12.5. The Morgan fingerprint density at radius 2 is 1.94 bits per heavy atom. The second-order valence-corrected chi connectivity index (χ2v) is 6.45. The van der Waals surface area contributed by atoms with Crippen molar-refractivity contribution in [3.05, 3.63) is 42.5 Å². The summed E-state index contributed by atoms with van der Waals surface area (Å²) in [6.07, 6.45) is 2.62. The number of nitrogens with one attached hydrogen (secondary N) is 1. The van der Waals surface area contributed by atoms with Gasteiger partial charge in [-0.3, -0.25) is 14.4 Å². The summed E-state index contributed by atoms with van der Waals surface area (Å²) >= 11 is 0. The molecule has 2 heterocycles. The average Bonchev–Trinajstić information content (AvgIpc) is 3.17. The van der Waals surface area contributed by atoms with Gasteiger partial charge in [0.1, 0.15) is 25.2 Å². The first kappa shape index (κ1) is 21.6. The molecule has 0 saturated heterocycles. The van der Waals surface area contributed by atoms with Crippen LogP contribution < -0.4 is 15.8 Å². The highest BCUT2D eigenvalue weighted by molar-refractivity contribution is 6.06. The SMILES string of the molecule is COc1ccc(C(=O)Nc2ncnc3c2ncn3CC(=O)N(CCN)CC(=O)O)cc1. The molecule has 0 saturated carbocycles. The molecule has 3 rings (SSSR count). The highest BCUT2D eigenvalue weighted by Crippen LogP contribution is 2.19. The van der Waals surface area contributed by atoms with Gasteiger partial charge in [-0.1, -0.05) is 0 Å². The Hall–Kier alpha value is -4.06. The van der Waals surface area contributed by atoms with Gasteiger partial charge in [-0.05, 0) is 24.3 Å². The number of methoxy groups -OCH3 is 1. The Bertz CT molecular complexity index is 1100. The van der Waals surface area contributed by atoms with E-state index in [0.717, 1.165) is 4.90 Å². The third-order valence-corrected chi connectivity index (χ3v) is 4.37. The molecule has 3 aromatic rings. The second kappa shape index (κ2) is 9.63. The monoisotopic (exact) mass is 427 g/mol. The van der Waals surface area contributed by atoms with Gasteiger partial charge < -0.3 is 30.4 Å². The third kappa shape index (κ3) is 5.11. The highest BCUT2D eigenvalue weighted by Gasteiger charge is 2.19. The number of rotatable bonds is 9. The van der Waals surface area contributed by atoms with Crippen molar-refractivity contribution in [2.45, 2.75) is 6.54 Å². The van der Waals surface area contributed by atoms with Gasteiger partial charge in [0, 0.05) is 18.7 Å². The Morgan fingerprint density at radius 1 is 1.19 bits per heavy atom. The van der Waals surface area contributed by atoms with Crippen LogP contribution in [-0.2, 0) is 16.1 Å². The van der Waals surface area contributed by atoms with Crippen molar-refractivity contribution in [1.29, 1.82) is 0 Å². The van der Waals surface area contributed by atoms with E-state index in [2.05, 4.69) is 20.3 Å². The predicted molar refractivity (Wildman–Crippen MR) is 110 cm³/mol. The van der Waals surface area contributed by atoms with E-state index in [1.54, 1.807) is 24.3 Å². The van der Waals surface area contributed by atoms with Crippen molar-refractivity contribution in [3.63, 3.8) is 0 Å². The zero-order chi connectivity index (χ0) is 22.4. The topological polar surface area (TPSA) is 166 Å². The minimum atomic E-state index is -1.14. The number of carbonyl (C=O) groups is 3. The fourth-order valence-electron chi connectivity index (χ4n) is 2.87. The summed E-state index contributed by atoms with van der Waals surface area (Å²) < 4.78 is 6.53. The number of aliphatic carboxylic acids is 1. The molecular formula is C19H21N7O5. The number of nitrogens with two attached hydrogens (primary N) is 1. The first-order valence-electron chi connectivity index (χ1n) is 9.23. The molecule has 0 aliphatic carbocycles. The van der Waals surface area contributed by atoms with Crippen LogP contribution in [0.5, 0.6) is 5.75 Å². The molecule has 2 amide bonds.